The molecule has 2 aromatic rings. The fraction of sp³-hybridized carbons (Fsp3) is 0.571. The average Bonchev–Trinajstić information content (AvgIpc) is 3.23. The van der Waals surface area contributed by atoms with Crippen LogP contribution in [0, 0.1) is 5.41 Å². The van der Waals surface area contributed by atoms with Gasteiger partial charge in [-0.1, -0.05) is 18.6 Å². The second-order valence-corrected chi connectivity index (χ2v) is 8.42. The van der Waals surface area contributed by atoms with E-state index in [4.69, 9.17) is 9.72 Å². The van der Waals surface area contributed by atoms with Crippen LogP contribution in [0.1, 0.15) is 61.2 Å². The Morgan fingerprint density at radius 3 is 2.93 bits per heavy atom. The van der Waals surface area contributed by atoms with Gasteiger partial charge in [0.05, 0.1) is 13.5 Å². The minimum atomic E-state index is 0.193. The third-order valence-electron chi connectivity index (χ3n) is 6.63. The first kappa shape index (κ1) is 16.8. The Balaban J connectivity index is 1.32. The Bertz CT molecular complexity index is 853. The summed E-state index contributed by atoms with van der Waals surface area (Å²) >= 11 is 0. The van der Waals surface area contributed by atoms with Gasteiger partial charge >= 0.3 is 0 Å². The summed E-state index contributed by atoms with van der Waals surface area (Å²) in [5.74, 6) is 3.80. The number of H-pyrrole nitrogens is 1. The number of carbonyl (C=O) groups excluding carboxylic acids is 1. The van der Waals surface area contributed by atoms with E-state index >= 15 is 0 Å². The fourth-order valence-corrected chi connectivity index (χ4v) is 4.71. The molecular formula is C21H26N4O2. The summed E-state index contributed by atoms with van der Waals surface area (Å²) in [6, 6.07) is 7.79. The molecule has 2 aliphatic carbocycles. The van der Waals surface area contributed by atoms with Crippen LogP contribution in [-0.4, -0.2) is 46.2 Å². The van der Waals surface area contributed by atoms with Gasteiger partial charge in [0, 0.05) is 24.9 Å². The number of methoxy groups -OCH3 is 1. The van der Waals surface area contributed by atoms with Crippen molar-refractivity contribution in [3.8, 4) is 5.75 Å². The molecule has 1 unspecified atom stereocenters. The van der Waals surface area contributed by atoms with Crippen LogP contribution in [0.3, 0.4) is 0 Å². The number of carbonyl (C=O) groups is 1. The second kappa shape index (κ2) is 6.36. The zero-order chi connectivity index (χ0) is 18.4. The monoisotopic (exact) mass is 366 g/mol. The first-order valence-corrected chi connectivity index (χ1v) is 10.00. The summed E-state index contributed by atoms with van der Waals surface area (Å²) in [6.45, 7) is 1.60. The SMILES string of the molecule is COc1cccc(CC(=O)N2CC(c3nc(C4CC4)n[nH]3)C3(CCC3)C2)c1. The Labute approximate surface area is 159 Å². The molecule has 1 N–H and O–H groups in total. The van der Waals surface area contributed by atoms with Crippen molar-refractivity contribution in [2.75, 3.05) is 20.2 Å². The van der Waals surface area contributed by atoms with Gasteiger partial charge in [0.15, 0.2) is 5.82 Å². The number of hydrogen-bond donors (Lipinski definition) is 1. The minimum Gasteiger partial charge on any atom is -0.497 e. The van der Waals surface area contributed by atoms with Gasteiger partial charge in [-0.25, -0.2) is 4.98 Å². The van der Waals surface area contributed by atoms with Crippen LogP contribution in [0.2, 0.25) is 0 Å². The van der Waals surface area contributed by atoms with Crippen molar-refractivity contribution in [2.24, 2.45) is 5.41 Å². The molecule has 1 aromatic heterocycles. The van der Waals surface area contributed by atoms with E-state index in [1.807, 2.05) is 29.2 Å². The molecular weight excluding hydrogens is 340 g/mol. The van der Waals surface area contributed by atoms with Gasteiger partial charge in [0.1, 0.15) is 11.6 Å². The van der Waals surface area contributed by atoms with E-state index in [0.29, 0.717) is 18.3 Å². The fourth-order valence-electron chi connectivity index (χ4n) is 4.71. The molecule has 3 fully saturated rings. The van der Waals surface area contributed by atoms with Crippen LogP contribution in [0.5, 0.6) is 5.75 Å². The van der Waals surface area contributed by atoms with Gasteiger partial charge < -0.3 is 9.64 Å². The first-order valence-electron chi connectivity index (χ1n) is 10.00. The van der Waals surface area contributed by atoms with Gasteiger partial charge in [0.25, 0.3) is 0 Å². The summed E-state index contributed by atoms with van der Waals surface area (Å²) in [6.07, 6.45) is 6.44. The van der Waals surface area contributed by atoms with Crippen molar-refractivity contribution in [2.45, 2.75) is 50.4 Å². The Morgan fingerprint density at radius 2 is 2.22 bits per heavy atom. The van der Waals surface area contributed by atoms with E-state index in [1.165, 1.54) is 32.1 Å². The van der Waals surface area contributed by atoms with Gasteiger partial charge in [-0.15, -0.1) is 0 Å². The maximum Gasteiger partial charge on any atom is 0.227 e. The number of benzene rings is 1. The highest BCUT2D eigenvalue weighted by Crippen LogP contribution is 2.55. The predicted octanol–water partition coefficient (Wildman–Crippen LogP) is 3.03. The third kappa shape index (κ3) is 3.01. The van der Waals surface area contributed by atoms with E-state index in [0.717, 1.165) is 36.1 Å². The minimum absolute atomic E-state index is 0.193. The molecule has 2 heterocycles. The summed E-state index contributed by atoms with van der Waals surface area (Å²) in [7, 11) is 1.65. The van der Waals surface area contributed by atoms with Crippen LogP contribution in [0.15, 0.2) is 24.3 Å². The highest BCUT2D eigenvalue weighted by Gasteiger charge is 2.53. The second-order valence-electron chi connectivity index (χ2n) is 8.42. The zero-order valence-corrected chi connectivity index (χ0v) is 15.8. The Kier molecular flexibility index (Phi) is 3.95. The smallest absolute Gasteiger partial charge is 0.227 e. The van der Waals surface area contributed by atoms with Crippen LogP contribution in [-0.2, 0) is 11.2 Å². The largest absolute Gasteiger partial charge is 0.497 e. The third-order valence-corrected chi connectivity index (χ3v) is 6.63. The lowest BCUT2D eigenvalue weighted by Crippen LogP contribution is -2.38. The lowest BCUT2D eigenvalue weighted by atomic mass is 9.62. The maximum atomic E-state index is 13.0. The number of rotatable bonds is 5. The molecule has 0 radical (unpaired) electrons. The van der Waals surface area contributed by atoms with E-state index < -0.39 is 0 Å². The molecule has 5 rings (SSSR count). The Hall–Kier alpha value is -2.37. The topological polar surface area (TPSA) is 71.1 Å². The molecule has 6 nitrogen and oxygen atoms in total. The molecule has 1 atom stereocenters. The van der Waals surface area contributed by atoms with E-state index in [9.17, 15) is 4.79 Å². The number of aromatic amines is 1. The number of nitrogens with one attached hydrogen (secondary N) is 1. The zero-order valence-electron chi connectivity index (χ0n) is 15.8. The van der Waals surface area contributed by atoms with Crippen molar-refractivity contribution >= 4 is 5.91 Å². The van der Waals surface area contributed by atoms with Crippen LogP contribution in [0.4, 0.5) is 0 Å². The van der Waals surface area contributed by atoms with Crippen molar-refractivity contribution in [1.29, 1.82) is 0 Å². The van der Waals surface area contributed by atoms with E-state index in [-0.39, 0.29) is 11.3 Å². The molecule has 1 spiro atoms. The van der Waals surface area contributed by atoms with Crippen LogP contribution in [0.25, 0.3) is 0 Å². The van der Waals surface area contributed by atoms with Gasteiger partial charge in [-0.3, -0.25) is 9.89 Å². The van der Waals surface area contributed by atoms with Crippen molar-refractivity contribution in [3.63, 3.8) is 0 Å². The summed E-state index contributed by atoms with van der Waals surface area (Å²) in [5.41, 5.74) is 1.20. The van der Waals surface area contributed by atoms with Gasteiger partial charge in [-0.05, 0) is 48.8 Å². The molecule has 27 heavy (non-hydrogen) atoms. The summed E-state index contributed by atoms with van der Waals surface area (Å²) < 4.78 is 5.28. The molecule has 3 aliphatic rings. The molecule has 1 saturated heterocycles. The molecule has 2 saturated carbocycles. The van der Waals surface area contributed by atoms with Crippen molar-refractivity contribution in [3.05, 3.63) is 41.5 Å². The van der Waals surface area contributed by atoms with E-state index in [2.05, 4.69) is 10.2 Å². The quantitative estimate of drug-likeness (QED) is 0.883. The maximum absolute atomic E-state index is 13.0. The van der Waals surface area contributed by atoms with Crippen molar-refractivity contribution < 1.29 is 9.53 Å². The molecule has 1 amide bonds. The molecule has 1 aliphatic heterocycles. The molecule has 1 aromatic carbocycles. The number of aromatic nitrogens is 3. The lowest BCUT2D eigenvalue weighted by molar-refractivity contribution is -0.130. The van der Waals surface area contributed by atoms with Crippen molar-refractivity contribution in [1.82, 2.24) is 20.1 Å². The summed E-state index contributed by atoms with van der Waals surface area (Å²) in [5, 5.41) is 7.65. The number of hydrogen-bond acceptors (Lipinski definition) is 4. The standard InChI is InChI=1S/C21H26N4O2/c1-27-16-5-2-4-14(10-16)11-18(26)25-12-17(21(13-25)8-3-9-21)20-22-19(23-24-20)15-6-7-15/h2,4-5,10,15,17H,3,6-9,11-13H2,1H3,(H,22,23,24). The lowest BCUT2D eigenvalue weighted by Gasteiger charge is -2.41. The normalized spacial score (nSPS) is 23.4. The number of ether oxygens (including phenoxy) is 1. The Morgan fingerprint density at radius 1 is 1.37 bits per heavy atom. The van der Waals surface area contributed by atoms with Crippen LogP contribution < -0.4 is 4.74 Å². The summed E-state index contributed by atoms with van der Waals surface area (Å²) in [4.78, 5) is 19.8. The highest BCUT2D eigenvalue weighted by atomic mass is 16.5. The highest BCUT2D eigenvalue weighted by molar-refractivity contribution is 5.79. The molecule has 0 bridgehead atoms. The first-order chi connectivity index (χ1) is 13.2. The van der Waals surface area contributed by atoms with Gasteiger partial charge in [-0.2, -0.15) is 5.10 Å². The van der Waals surface area contributed by atoms with Crippen LogP contribution >= 0.6 is 0 Å². The number of likely N-dealkylation sites (tertiary alicyclic amines) is 1. The molecule has 142 valence electrons. The van der Waals surface area contributed by atoms with Gasteiger partial charge in [0.2, 0.25) is 5.91 Å². The van der Waals surface area contributed by atoms with E-state index in [1.54, 1.807) is 7.11 Å². The predicted molar refractivity (Wildman–Crippen MR) is 101 cm³/mol. The molecule has 6 heteroatoms. The average molecular weight is 366 g/mol. The number of amides is 1. The number of nitrogens with zero attached hydrogens (tertiary/aromatic N) is 3.